The Hall–Kier alpha value is -3.15. The van der Waals surface area contributed by atoms with Gasteiger partial charge in [0, 0.05) is 12.3 Å². The van der Waals surface area contributed by atoms with Crippen LogP contribution in [0, 0.1) is 0 Å². The van der Waals surface area contributed by atoms with Gasteiger partial charge in [-0.2, -0.15) is 0 Å². The first-order chi connectivity index (χ1) is 11.2. The summed E-state index contributed by atoms with van der Waals surface area (Å²) in [5.41, 5.74) is 0.772. The molecule has 0 aliphatic heterocycles. The number of rotatable bonds is 3. The molecule has 0 unspecified atom stereocenters. The van der Waals surface area contributed by atoms with Crippen LogP contribution in [-0.2, 0) is 4.74 Å². The minimum atomic E-state index is -0.578. The average molecular weight is 309 g/mol. The van der Waals surface area contributed by atoms with Crippen LogP contribution < -0.4 is 10.5 Å². The van der Waals surface area contributed by atoms with Crippen LogP contribution in [0.25, 0.3) is 5.65 Å². The molecule has 6 nitrogen and oxygen atoms in total. The van der Waals surface area contributed by atoms with Crippen molar-refractivity contribution in [1.29, 1.82) is 0 Å². The molecule has 0 N–H and O–H groups in total. The summed E-state index contributed by atoms with van der Waals surface area (Å²) in [5, 5.41) is 0. The zero-order valence-electron chi connectivity index (χ0n) is 12.5. The lowest BCUT2D eigenvalue weighted by molar-refractivity contribution is 0.162. The van der Waals surface area contributed by atoms with Gasteiger partial charge in [0.2, 0.25) is 0 Å². The molecule has 0 radical (unpaired) electrons. The van der Waals surface area contributed by atoms with Crippen molar-refractivity contribution in [3.8, 4) is 0 Å². The summed E-state index contributed by atoms with van der Waals surface area (Å²) in [6.45, 7) is 1.96. The topological polar surface area (TPSA) is 63.9 Å². The highest BCUT2D eigenvalue weighted by atomic mass is 16.6. The second-order valence-corrected chi connectivity index (χ2v) is 4.75. The van der Waals surface area contributed by atoms with Crippen LogP contribution in [0.15, 0.2) is 65.6 Å². The largest absolute Gasteiger partial charge is 0.449 e. The van der Waals surface area contributed by atoms with Crippen LogP contribution in [0.5, 0.6) is 0 Å². The number of hydrogen-bond donors (Lipinski definition) is 0. The van der Waals surface area contributed by atoms with Crippen molar-refractivity contribution in [3.05, 3.63) is 71.1 Å². The maximum Gasteiger partial charge on any atom is 0.420 e. The normalized spacial score (nSPS) is 10.5. The summed E-state index contributed by atoms with van der Waals surface area (Å²) in [4.78, 5) is 30.3. The molecule has 0 saturated heterocycles. The van der Waals surface area contributed by atoms with E-state index in [0.717, 1.165) is 0 Å². The summed E-state index contributed by atoms with van der Waals surface area (Å²) in [7, 11) is 0. The lowest BCUT2D eigenvalue weighted by Gasteiger charge is -2.21. The number of para-hydroxylation sites is 1. The van der Waals surface area contributed by atoms with Crippen molar-refractivity contribution >= 4 is 23.2 Å². The molecule has 1 aromatic carbocycles. The van der Waals surface area contributed by atoms with Crippen molar-refractivity contribution < 1.29 is 9.53 Å². The van der Waals surface area contributed by atoms with Crippen LogP contribution in [0.2, 0.25) is 0 Å². The Morgan fingerprint density at radius 3 is 2.65 bits per heavy atom. The molecule has 3 aromatic rings. The van der Waals surface area contributed by atoms with Gasteiger partial charge in [0.05, 0.1) is 12.3 Å². The smallest absolute Gasteiger partial charge is 0.420 e. The van der Waals surface area contributed by atoms with Crippen LogP contribution in [0.3, 0.4) is 0 Å². The Labute approximate surface area is 132 Å². The summed E-state index contributed by atoms with van der Waals surface area (Å²) >= 11 is 0. The quantitative estimate of drug-likeness (QED) is 0.746. The number of carbonyl (C=O) groups is 1. The number of amides is 1. The second kappa shape index (κ2) is 6.31. The average Bonchev–Trinajstić information content (AvgIpc) is 2.56. The highest BCUT2D eigenvalue weighted by molar-refractivity contribution is 5.95. The Kier molecular flexibility index (Phi) is 4.05. The number of nitrogens with zero attached hydrogens (tertiary/aromatic N) is 3. The van der Waals surface area contributed by atoms with Gasteiger partial charge in [0.25, 0.3) is 5.56 Å². The van der Waals surface area contributed by atoms with E-state index in [2.05, 4.69) is 4.98 Å². The van der Waals surface area contributed by atoms with Gasteiger partial charge in [-0.3, -0.25) is 9.20 Å². The molecular formula is C17H15N3O3. The van der Waals surface area contributed by atoms with Crippen molar-refractivity contribution in [3.63, 3.8) is 0 Å². The molecule has 0 bridgehead atoms. The molecule has 0 spiro atoms. The van der Waals surface area contributed by atoms with Gasteiger partial charge in [-0.1, -0.05) is 24.3 Å². The van der Waals surface area contributed by atoms with E-state index in [0.29, 0.717) is 11.3 Å². The predicted molar refractivity (Wildman–Crippen MR) is 87.1 cm³/mol. The fourth-order valence-electron chi connectivity index (χ4n) is 2.25. The highest BCUT2D eigenvalue weighted by Gasteiger charge is 2.21. The monoisotopic (exact) mass is 309 g/mol. The molecule has 0 atom stereocenters. The van der Waals surface area contributed by atoms with Gasteiger partial charge in [-0.25, -0.2) is 14.7 Å². The maximum atomic E-state index is 12.3. The third kappa shape index (κ3) is 2.91. The third-order valence-corrected chi connectivity index (χ3v) is 3.25. The molecule has 0 saturated carbocycles. The van der Waals surface area contributed by atoms with Gasteiger partial charge in [0.1, 0.15) is 5.65 Å². The summed E-state index contributed by atoms with van der Waals surface area (Å²) in [5.74, 6) is 0.228. The predicted octanol–water partition coefficient (Wildman–Crippen LogP) is 2.99. The number of fused-ring (bicyclic) bond motifs is 1. The molecule has 3 rings (SSSR count). The number of aromatic nitrogens is 2. The third-order valence-electron chi connectivity index (χ3n) is 3.25. The van der Waals surface area contributed by atoms with E-state index in [1.165, 1.54) is 15.4 Å². The van der Waals surface area contributed by atoms with Gasteiger partial charge in [-0.05, 0) is 31.2 Å². The molecule has 0 fully saturated rings. The second-order valence-electron chi connectivity index (χ2n) is 4.75. The molecule has 23 heavy (non-hydrogen) atoms. The Morgan fingerprint density at radius 1 is 1.17 bits per heavy atom. The molecule has 0 aliphatic rings. The first-order valence-electron chi connectivity index (χ1n) is 7.21. The molecule has 1 amide bonds. The summed E-state index contributed by atoms with van der Waals surface area (Å²) < 4.78 is 6.52. The standard InChI is InChI=1S/C17H15N3O3/c1-2-23-17(22)20(13-8-4-3-5-9-13)15-12-16(21)19-11-7-6-10-14(19)18-15/h3-12H,2H2,1H3. The van der Waals surface area contributed by atoms with Crippen LogP contribution in [0.4, 0.5) is 16.3 Å². The van der Waals surface area contributed by atoms with Crippen molar-refractivity contribution in [2.24, 2.45) is 0 Å². The zero-order valence-corrected chi connectivity index (χ0v) is 12.5. The number of hydrogen-bond acceptors (Lipinski definition) is 4. The van der Waals surface area contributed by atoms with E-state index >= 15 is 0 Å². The van der Waals surface area contributed by atoms with Gasteiger partial charge in [-0.15, -0.1) is 0 Å². The van der Waals surface area contributed by atoms with Crippen molar-refractivity contribution in [1.82, 2.24) is 9.38 Å². The van der Waals surface area contributed by atoms with Gasteiger partial charge in [0.15, 0.2) is 5.82 Å². The summed E-state index contributed by atoms with van der Waals surface area (Å²) in [6.07, 6.45) is 1.05. The molecule has 2 aromatic heterocycles. The first-order valence-corrected chi connectivity index (χ1v) is 7.21. The Morgan fingerprint density at radius 2 is 1.91 bits per heavy atom. The van der Waals surface area contributed by atoms with Crippen LogP contribution >= 0.6 is 0 Å². The SMILES string of the molecule is CCOC(=O)N(c1ccccc1)c1cc(=O)n2ccccc2n1. The zero-order chi connectivity index (χ0) is 16.2. The molecule has 116 valence electrons. The number of pyridine rings is 1. The first kappa shape index (κ1) is 14.8. The highest BCUT2D eigenvalue weighted by Crippen LogP contribution is 2.23. The Bertz CT molecular complexity index is 890. The number of anilines is 2. The fraction of sp³-hybridized carbons (Fsp3) is 0.118. The molecule has 2 heterocycles. The number of benzene rings is 1. The number of carbonyl (C=O) groups excluding carboxylic acids is 1. The van der Waals surface area contributed by atoms with Crippen LogP contribution in [0.1, 0.15) is 6.92 Å². The van der Waals surface area contributed by atoms with Crippen molar-refractivity contribution in [2.45, 2.75) is 6.92 Å². The van der Waals surface area contributed by atoms with Gasteiger partial charge < -0.3 is 4.74 Å². The minimum Gasteiger partial charge on any atom is -0.449 e. The Balaban J connectivity index is 2.17. The number of ether oxygens (including phenoxy) is 1. The van der Waals surface area contributed by atoms with E-state index in [1.54, 1.807) is 55.6 Å². The van der Waals surface area contributed by atoms with E-state index < -0.39 is 6.09 Å². The van der Waals surface area contributed by atoms with E-state index in [1.807, 2.05) is 6.07 Å². The van der Waals surface area contributed by atoms with E-state index in [-0.39, 0.29) is 18.0 Å². The van der Waals surface area contributed by atoms with E-state index in [9.17, 15) is 9.59 Å². The molecule has 6 heteroatoms. The van der Waals surface area contributed by atoms with E-state index in [4.69, 9.17) is 4.74 Å². The summed E-state index contributed by atoms with van der Waals surface area (Å²) in [6, 6.07) is 15.5. The van der Waals surface area contributed by atoms with Crippen molar-refractivity contribution in [2.75, 3.05) is 11.5 Å². The minimum absolute atomic E-state index is 0.228. The van der Waals surface area contributed by atoms with Gasteiger partial charge >= 0.3 is 6.09 Å². The molecular weight excluding hydrogens is 294 g/mol. The lowest BCUT2D eigenvalue weighted by atomic mass is 10.3. The fourth-order valence-corrected chi connectivity index (χ4v) is 2.25. The molecule has 0 aliphatic carbocycles. The maximum absolute atomic E-state index is 12.3. The lowest BCUT2D eigenvalue weighted by Crippen LogP contribution is -2.29. The van der Waals surface area contributed by atoms with Crippen LogP contribution in [-0.4, -0.2) is 22.1 Å².